The highest BCUT2D eigenvalue weighted by atomic mass is 79.9. The average Bonchev–Trinajstić information content (AvgIpc) is 3.26. The maximum atomic E-state index is 12.4. The van der Waals surface area contributed by atoms with E-state index in [0.29, 0.717) is 39.7 Å². The number of imidazole rings is 1. The number of aryl methyl sites for hydroxylation is 2. The summed E-state index contributed by atoms with van der Waals surface area (Å²) in [5.41, 5.74) is 5.67. The van der Waals surface area contributed by atoms with Gasteiger partial charge in [-0.3, -0.25) is 4.79 Å². The van der Waals surface area contributed by atoms with Crippen molar-refractivity contribution in [2.75, 3.05) is 18.5 Å². The zero-order chi connectivity index (χ0) is 25.7. The van der Waals surface area contributed by atoms with E-state index in [4.69, 9.17) is 9.47 Å². The maximum absolute atomic E-state index is 12.4. The van der Waals surface area contributed by atoms with Crippen molar-refractivity contribution in [2.45, 2.75) is 20.8 Å². The van der Waals surface area contributed by atoms with Crippen molar-refractivity contribution in [1.82, 2.24) is 9.97 Å². The fraction of sp³-hybridized carbons (Fsp3) is 0.179. The molecule has 3 aromatic carbocycles. The van der Waals surface area contributed by atoms with E-state index < -0.39 is 0 Å². The lowest BCUT2D eigenvalue weighted by molar-refractivity contribution is -0.118. The van der Waals surface area contributed by atoms with Crippen molar-refractivity contribution < 1.29 is 14.3 Å². The Balaban J connectivity index is 1.56. The van der Waals surface area contributed by atoms with Crippen LogP contribution in [0.3, 0.4) is 0 Å². The first-order chi connectivity index (χ1) is 17.4. The van der Waals surface area contributed by atoms with Gasteiger partial charge in [0.05, 0.1) is 27.7 Å². The summed E-state index contributed by atoms with van der Waals surface area (Å²) in [5.74, 6) is 1.06. The van der Waals surface area contributed by atoms with E-state index in [0.717, 1.165) is 27.7 Å². The van der Waals surface area contributed by atoms with Crippen LogP contribution in [0.15, 0.2) is 59.1 Å². The van der Waals surface area contributed by atoms with E-state index in [1.807, 2.05) is 63.2 Å². The first-order valence-corrected chi connectivity index (χ1v) is 12.2. The summed E-state index contributed by atoms with van der Waals surface area (Å²) in [6.07, 6.45) is 1.73. The molecule has 1 amide bonds. The quantitative estimate of drug-likeness (QED) is 0.249. The molecule has 0 spiro atoms. The molecule has 36 heavy (non-hydrogen) atoms. The van der Waals surface area contributed by atoms with Crippen molar-refractivity contribution in [3.8, 4) is 17.6 Å². The summed E-state index contributed by atoms with van der Waals surface area (Å²) >= 11 is 3.52. The molecule has 182 valence electrons. The molecule has 0 aliphatic rings. The number of fused-ring (bicyclic) bond motifs is 1. The summed E-state index contributed by atoms with van der Waals surface area (Å²) in [6, 6.07) is 19.2. The predicted octanol–water partition coefficient (Wildman–Crippen LogP) is 6.42. The SMILES string of the molecule is CCOc1cc(/C=C(/C#N)c2nc3ccc(C)cc3[nH]2)cc(Br)c1OCC(=O)Nc1ccc(C)cc1. The number of allylic oxidation sites excluding steroid dienone is 1. The molecule has 1 aromatic heterocycles. The van der Waals surface area contributed by atoms with Gasteiger partial charge in [-0.05, 0) is 90.3 Å². The third kappa shape index (κ3) is 5.93. The number of carbonyl (C=O) groups excluding carboxylic acids is 1. The summed E-state index contributed by atoms with van der Waals surface area (Å²) in [5, 5.41) is 12.6. The second-order valence-electron chi connectivity index (χ2n) is 8.24. The zero-order valence-electron chi connectivity index (χ0n) is 20.2. The van der Waals surface area contributed by atoms with Crippen LogP contribution in [0.5, 0.6) is 11.5 Å². The van der Waals surface area contributed by atoms with Gasteiger partial charge >= 0.3 is 0 Å². The minimum atomic E-state index is -0.288. The molecule has 7 nitrogen and oxygen atoms in total. The molecule has 0 radical (unpaired) electrons. The van der Waals surface area contributed by atoms with E-state index in [1.54, 1.807) is 18.2 Å². The molecule has 0 saturated heterocycles. The number of aromatic amines is 1. The van der Waals surface area contributed by atoms with E-state index in [2.05, 4.69) is 37.3 Å². The first-order valence-electron chi connectivity index (χ1n) is 11.4. The number of aromatic nitrogens is 2. The van der Waals surface area contributed by atoms with E-state index in [1.165, 1.54) is 0 Å². The molecule has 0 fully saturated rings. The molecule has 0 saturated carbocycles. The first kappa shape index (κ1) is 25.0. The molecular weight excluding hydrogens is 520 g/mol. The van der Waals surface area contributed by atoms with Gasteiger partial charge in [-0.2, -0.15) is 5.26 Å². The van der Waals surface area contributed by atoms with Crippen molar-refractivity contribution >= 4 is 50.2 Å². The molecule has 0 aliphatic heterocycles. The van der Waals surface area contributed by atoms with Gasteiger partial charge in [0.1, 0.15) is 11.9 Å². The average molecular weight is 545 g/mol. The number of hydrogen-bond donors (Lipinski definition) is 2. The van der Waals surface area contributed by atoms with Crippen LogP contribution < -0.4 is 14.8 Å². The van der Waals surface area contributed by atoms with Crippen LogP contribution in [0.1, 0.15) is 29.4 Å². The lowest BCUT2D eigenvalue weighted by Crippen LogP contribution is -2.20. The summed E-state index contributed by atoms with van der Waals surface area (Å²) in [6.45, 7) is 6.06. The summed E-state index contributed by atoms with van der Waals surface area (Å²) < 4.78 is 12.2. The van der Waals surface area contributed by atoms with Gasteiger partial charge in [0, 0.05) is 5.69 Å². The molecule has 0 unspecified atom stereocenters. The molecule has 0 bridgehead atoms. The molecule has 0 aliphatic carbocycles. The van der Waals surface area contributed by atoms with Crippen LogP contribution in [0.4, 0.5) is 5.69 Å². The molecule has 8 heteroatoms. The van der Waals surface area contributed by atoms with E-state index >= 15 is 0 Å². The number of nitrogens with one attached hydrogen (secondary N) is 2. The number of benzene rings is 3. The van der Waals surface area contributed by atoms with Gasteiger partial charge in [0.2, 0.25) is 0 Å². The Kier molecular flexibility index (Phi) is 7.71. The highest BCUT2D eigenvalue weighted by molar-refractivity contribution is 9.10. The molecule has 4 aromatic rings. The van der Waals surface area contributed by atoms with Crippen molar-refractivity contribution in [3.05, 3.63) is 81.6 Å². The number of halogens is 1. The minimum Gasteiger partial charge on any atom is -0.490 e. The number of rotatable bonds is 8. The molecular formula is C28H25BrN4O3. The number of nitriles is 1. The second-order valence-corrected chi connectivity index (χ2v) is 9.10. The lowest BCUT2D eigenvalue weighted by Gasteiger charge is -2.15. The smallest absolute Gasteiger partial charge is 0.262 e. The Bertz CT molecular complexity index is 1480. The molecule has 0 atom stereocenters. The maximum Gasteiger partial charge on any atom is 0.262 e. The minimum absolute atomic E-state index is 0.191. The monoisotopic (exact) mass is 544 g/mol. The third-order valence-corrected chi connectivity index (χ3v) is 5.93. The van der Waals surface area contributed by atoms with Crippen molar-refractivity contribution in [3.63, 3.8) is 0 Å². The van der Waals surface area contributed by atoms with Gasteiger partial charge in [-0.15, -0.1) is 0 Å². The Hall–Kier alpha value is -4.09. The van der Waals surface area contributed by atoms with Crippen LogP contribution in [0.25, 0.3) is 22.7 Å². The topological polar surface area (TPSA) is 100 Å². The number of carbonyl (C=O) groups is 1. The fourth-order valence-corrected chi connectivity index (χ4v) is 4.19. The molecule has 1 heterocycles. The van der Waals surface area contributed by atoms with Crippen LogP contribution in [0, 0.1) is 25.2 Å². The normalized spacial score (nSPS) is 11.2. The summed E-state index contributed by atoms with van der Waals surface area (Å²) in [7, 11) is 0. The Morgan fingerprint density at radius 3 is 2.58 bits per heavy atom. The van der Waals surface area contributed by atoms with Crippen LogP contribution in [-0.2, 0) is 4.79 Å². The number of hydrogen-bond acceptors (Lipinski definition) is 5. The van der Waals surface area contributed by atoms with Gasteiger partial charge in [-0.25, -0.2) is 4.98 Å². The Labute approximate surface area is 217 Å². The summed E-state index contributed by atoms with van der Waals surface area (Å²) in [4.78, 5) is 20.2. The van der Waals surface area contributed by atoms with E-state index in [-0.39, 0.29) is 12.5 Å². The Morgan fingerprint density at radius 1 is 1.11 bits per heavy atom. The highest BCUT2D eigenvalue weighted by Gasteiger charge is 2.15. The van der Waals surface area contributed by atoms with Gasteiger partial charge in [0.25, 0.3) is 5.91 Å². The number of amides is 1. The largest absolute Gasteiger partial charge is 0.490 e. The molecule has 2 N–H and O–H groups in total. The fourth-order valence-electron chi connectivity index (χ4n) is 3.62. The van der Waals surface area contributed by atoms with Crippen LogP contribution in [-0.4, -0.2) is 29.1 Å². The third-order valence-electron chi connectivity index (χ3n) is 5.34. The van der Waals surface area contributed by atoms with Gasteiger partial charge < -0.3 is 19.8 Å². The zero-order valence-corrected chi connectivity index (χ0v) is 21.8. The Morgan fingerprint density at radius 2 is 1.86 bits per heavy atom. The lowest BCUT2D eigenvalue weighted by atomic mass is 10.1. The highest BCUT2D eigenvalue weighted by Crippen LogP contribution is 2.38. The van der Waals surface area contributed by atoms with Gasteiger partial charge in [-0.1, -0.05) is 23.8 Å². The van der Waals surface area contributed by atoms with Crippen molar-refractivity contribution in [2.24, 2.45) is 0 Å². The number of ether oxygens (including phenoxy) is 2. The number of anilines is 1. The molecule has 4 rings (SSSR count). The standard InChI is InChI=1S/C28H25BrN4O3/c1-4-35-25-14-19(12-20(15-30)28-32-23-10-7-18(3)11-24(23)33-28)13-22(29)27(25)36-16-26(34)31-21-8-5-17(2)6-9-21/h5-14H,4,16H2,1-3H3,(H,31,34)(H,32,33)/b20-12-. The van der Waals surface area contributed by atoms with Crippen molar-refractivity contribution in [1.29, 1.82) is 5.26 Å². The van der Waals surface area contributed by atoms with Crippen LogP contribution >= 0.6 is 15.9 Å². The van der Waals surface area contributed by atoms with E-state index in [9.17, 15) is 10.1 Å². The second kappa shape index (κ2) is 11.1. The van der Waals surface area contributed by atoms with Crippen LogP contribution in [0.2, 0.25) is 0 Å². The predicted molar refractivity (Wildman–Crippen MR) is 145 cm³/mol. The number of H-pyrrole nitrogens is 1. The van der Waals surface area contributed by atoms with Gasteiger partial charge in [0.15, 0.2) is 18.1 Å². The number of nitrogens with zero attached hydrogens (tertiary/aromatic N) is 2.